The molecule has 6 heteroatoms. The Balaban J connectivity index is 2.52. The van der Waals surface area contributed by atoms with Crippen molar-refractivity contribution in [1.29, 1.82) is 0 Å². The van der Waals surface area contributed by atoms with Crippen LogP contribution in [0.15, 0.2) is 22.8 Å². The Hall–Kier alpha value is -0.710. The van der Waals surface area contributed by atoms with Crippen molar-refractivity contribution in [3.63, 3.8) is 0 Å². The molecule has 0 unspecified atom stereocenters. The number of halogens is 3. The van der Waals surface area contributed by atoms with Crippen LogP contribution >= 0.6 is 39.1 Å². The summed E-state index contributed by atoms with van der Waals surface area (Å²) in [5.41, 5.74) is 1.71. The van der Waals surface area contributed by atoms with E-state index >= 15 is 0 Å². The highest BCUT2D eigenvalue weighted by Gasteiger charge is 2.10. The van der Waals surface area contributed by atoms with Crippen LogP contribution in [0.1, 0.15) is 5.69 Å². The molecule has 3 nitrogen and oxygen atoms in total. The summed E-state index contributed by atoms with van der Waals surface area (Å²) in [6.45, 7) is 1.91. The lowest BCUT2D eigenvalue weighted by molar-refractivity contribution is 1.13. The zero-order valence-corrected chi connectivity index (χ0v) is 11.3. The summed E-state index contributed by atoms with van der Waals surface area (Å²) in [6.07, 6.45) is 1.69. The van der Waals surface area contributed by atoms with Crippen molar-refractivity contribution in [2.45, 2.75) is 6.92 Å². The Morgan fingerprint density at radius 2 is 1.75 bits per heavy atom. The lowest BCUT2D eigenvalue weighted by Crippen LogP contribution is -1.93. The van der Waals surface area contributed by atoms with E-state index < -0.39 is 0 Å². The first kappa shape index (κ1) is 11.8. The third-order valence-corrected chi connectivity index (χ3v) is 3.69. The van der Waals surface area contributed by atoms with E-state index in [9.17, 15) is 0 Å². The summed E-state index contributed by atoms with van der Waals surface area (Å²) < 4.78 is 0.500. The van der Waals surface area contributed by atoms with Crippen LogP contribution in [0.25, 0.3) is 11.4 Å². The Kier molecular flexibility index (Phi) is 3.42. The average molecular weight is 319 g/mol. The molecule has 0 spiro atoms. The third kappa shape index (κ3) is 2.34. The zero-order chi connectivity index (χ0) is 11.7. The van der Waals surface area contributed by atoms with E-state index in [2.05, 4.69) is 30.9 Å². The summed E-state index contributed by atoms with van der Waals surface area (Å²) in [5.74, 6) is 0.464. The Bertz CT molecular complexity index is 505. The van der Waals surface area contributed by atoms with Crippen molar-refractivity contribution in [3.05, 3.63) is 38.8 Å². The predicted octanol–water partition coefficient (Wildman–Crippen LogP) is 3.92. The normalized spacial score (nSPS) is 10.5. The second-order valence-electron chi connectivity index (χ2n) is 3.13. The fourth-order valence-corrected chi connectivity index (χ4v) is 1.69. The van der Waals surface area contributed by atoms with Gasteiger partial charge in [-0.2, -0.15) is 0 Å². The number of aromatic nitrogens is 3. The molecular formula is C10H6BrCl2N3. The van der Waals surface area contributed by atoms with Crippen molar-refractivity contribution in [3.8, 4) is 11.4 Å². The van der Waals surface area contributed by atoms with Gasteiger partial charge in [0.2, 0.25) is 0 Å². The van der Waals surface area contributed by atoms with Crippen LogP contribution in [0.4, 0.5) is 0 Å². The lowest BCUT2D eigenvalue weighted by Gasteiger charge is -2.03. The van der Waals surface area contributed by atoms with Gasteiger partial charge in [0, 0.05) is 17.5 Å². The molecule has 0 aliphatic rings. The largest absolute Gasteiger partial charge is 0.261 e. The molecule has 0 bridgehead atoms. The van der Waals surface area contributed by atoms with E-state index in [4.69, 9.17) is 23.2 Å². The second kappa shape index (κ2) is 4.65. The van der Waals surface area contributed by atoms with Crippen LogP contribution in [0.5, 0.6) is 0 Å². The van der Waals surface area contributed by atoms with E-state index in [1.54, 1.807) is 6.20 Å². The van der Waals surface area contributed by atoms with Gasteiger partial charge in [0.25, 0.3) is 0 Å². The highest BCUT2D eigenvalue weighted by atomic mass is 79.9. The molecule has 2 heterocycles. The molecule has 0 amide bonds. The highest BCUT2D eigenvalue weighted by Crippen LogP contribution is 2.29. The lowest BCUT2D eigenvalue weighted by atomic mass is 10.2. The minimum absolute atomic E-state index is 0.288. The molecule has 0 aromatic carbocycles. The van der Waals surface area contributed by atoms with Gasteiger partial charge in [0.1, 0.15) is 10.3 Å². The summed E-state index contributed by atoms with van der Waals surface area (Å²) in [6, 6.07) is 3.75. The van der Waals surface area contributed by atoms with Crippen LogP contribution in [0.2, 0.25) is 10.3 Å². The van der Waals surface area contributed by atoms with Gasteiger partial charge in [-0.1, -0.05) is 23.2 Å². The molecule has 0 N–H and O–H groups in total. The van der Waals surface area contributed by atoms with E-state index in [0.717, 1.165) is 11.3 Å². The van der Waals surface area contributed by atoms with Gasteiger partial charge >= 0.3 is 0 Å². The second-order valence-corrected chi connectivity index (χ2v) is 4.64. The van der Waals surface area contributed by atoms with Gasteiger partial charge in [0.15, 0.2) is 5.82 Å². The fraction of sp³-hybridized carbons (Fsp3) is 0.100. The smallest absolute Gasteiger partial charge is 0.164 e. The molecule has 0 aliphatic carbocycles. The van der Waals surface area contributed by atoms with Crippen molar-refractivity contribution in [1.82, 2.24) is 15.0 Å². The number of hydrogen-bond acceptors (Lipinski definition) is 3. The average Bonchev–Trinajstić information content (AvgIpc) is 2.26. The van der Waals surface area contributed by atoms with Gasteiger partial charge in [-0.25, -0.2) is 9.97 Å². The maximum Gasteiger partial charge on any atom is 0.164 e. The maximum absolute atomic E-state index is 5.90. The van der Waals surface area contributed by atoms with Crippen molar-refractivity contribution < 1.29 is 0 Å². The number of aryl methyl sites for hydroxylation is 1. The Morgan fingerprint density at radius 1 is 1.12 bits per heavy atom. The number of pyridine rings is 1. The summed E-state index contributed by atoms with van der Waals surface area (Å²) in [5, 5.41) is 0.575. The van der Waals surface area contributed by atoms with Gasteiger partial charge in [-0.3, -0.25) is 4.98 Å². The topological polar surface area (TPSA) is 38.7 Å². The quantitative estimate of drug-likeness (QED) is 0.748. The molecule has 2 aromatic rings. The first-order chi connectivity index (χ1) is 7.58. The molecule has 0 atom stereocenters. The summed E-state index contributed by atoms with van der Waals surface area (Å²) in [4.78, 5) is 12.4. The van der Waals surface area contributed by atoms with Gasteiger partial charge < -0.3 is 0 Å². The standard InChI is InChI=1S/C10H6BrCl2N3/c1-5-2-3-6(4-14-5)10-15-8(12)7(11)9(13)16-10/h2-4H,1H3. The van der Waals surface area contributed by atoms with E-state index in [0.29, 0.717) is 10.3 Å². The molecule has 0 saturated carbocycles. The minimum Gasteiger partial charge on any atom is -0.261 e. The Morgan fingerprint density at radius 3 is 2.25 bits per heavy atom. The first-order valence-electron chi connectivity index (χ1n) is 4.39. The van der Waals surface area contributed by atoms with Gasteiger partial charge in [-0.05, 0) is 35.0 Å². The summed E-state index contributed by atoms with van der Waals surface area (Å²) >= 11 is 15.0. The molecule has 0 radical (unpaired) electrons. The van der Waals surface area contributed by atoms with Crippen LogP contribution in [-0.2, 0) is 0 Å². The minimum atomic E-state index is 0.288. The summed E-state index contributed by atoms with van der Waals surface area (Å²) in [7, 11) is 0. The van der Waals surface area contributed by atoms with Crippen LogP contribution < -0.4 is 0 Å². The van der Waals surface area contributed by atoms with Gasteiger partial charge in [-0.15, -0.1) is 0 Å². The monoisotopic (exact) mass is 317 g/mol. The fourth-order valence-electron chi connectivity index (χ4n) is 1.12. The van der Waals surface area contributed by atoms with Crippen molar-refractivity contribution >= 4 is 39.1 Å². The molecule has 16 heavy (non-hydrogen) atoms. The van der Waals surface area contributed by atoms with Crippen molar-refractivity contribution in [2.75, 3.05) is 0 Å². The SMILES string of the molecule is Cc1ccc(-c2nc(Cl)c(Br)c(Cl)n2)cn1. The predicted molar refractivity (Wildman–Crippen MR) is 67.7 cm³/mol. The van der Waals surface area contributed by atoms with Crippen LogP contribution in [0, 0.1) is 6.92 Å². The molecule has 0 saturated heterocycles. The van der Waals surface area contributed by atoms with Crippen molar-refractivity contribution in [2.24, 2.45) is 0 Å². The van der Waals surface area contributed by atoms with E-state index in [-0.39, 0.29) is 10.3 Å². The third-order valence-electron chi connectivity index (χ3n) is 1.94. The van der Waals surface area contributed by atoms with E-state index in [1.807, 2.05) is 19.1 Å². The number of nitrogens with zero attached hydrogens (tertiary/aromatic N) is 3. The number of rotatable bonds is 1. The first-order valence-corrected chi connectivity index (χ1v) is 5.94. The molecule has 2 aromatic heterocycles. The maximum atomic E-state index is 5.90. The Labute approximate surface area is 111 Å². The van der Waals surface area contributed by atoms with E-state index in [1.165, 1.54) is 0 Å². The molecule has 2 rings (SSSR count). The molecular weight excluding hydrogens is 313 g/mol. The zero-order valence-electron chi connectivity index (χ0n) is 8.21. The number of hydrogen-bond donors (Lipinski definition) is 0. The van der Waals surface area contributed by atoms with Crippen LogP contribution in [0.3, 0.4) is 0 Å². The molecule has 0 fully saturated rings. The molecule has 82 valence electrons. The highest BCUT2D eigenvalue weighted by molar-refractivity contribution is 9.10. The van der Waals surface area contributed by atoms with Gasteiger partial charge in [0.05, 0.1) is 4.47 Å². The van der Waals surface area contributed by atoms with Crippen LogP contribution in [-0.4, -0.2) is 15.0 Å². The molecule has 0 aliphatic heterocycles.